The van der Waals surface area contributed by atoms with Gasteiger partial charge in [0, 0.05) is 31.9 Å². The van der Waals surface area contributed by atoms with E-state index in [-0.39, 0.29) is 16.8 Å². The molecule has 0 radical (unpaired) electrons. The zero-order chi connectivity index (χ0) is 15.4. The molecule has 1 fully saturated rings. The first-order chi connectivity index (χ1) is 9.99. The van der Waals surface area contributed by atoms with Crippen LogP contribution in [-0.4, -0.2) is 30.6 Å². The average Bonchev–Trinajstić information content (AvgIpc) is 2.94. The van der Waals surface area contributed by atoms with Crippen molar-refractivity contribution in [1.29, 1.82) is 0 Å². The molecule has 1 aromatic carbocycles. The quantitative estimate of drug-likeness (QED) is 0.667. The fraction of sp³-hybridized carbons (Fsp3) is 0.500. The topological polar surface area (TPSA) is 81.5 Å². The van der Waals surface area contributed by atoms with Crippen LogP contribution in [0.5, 0.6) is 0 Å². The smallest absolute Gasteiger partial charge is 0.270 e. The number of non-ortho nitro benzene ring substituents is 1. The van der Waals surface area contributed by atoms with E-state index in [1.54, 1.807) is 0 Å². The molecule has 2 rings (SSSR count). The summed E-state index contributed by atoms with van der Waals surface area (Å²) in [6.07, 6.45) is 1.71. The molecule has 1 aliphatic heterocycles. The van der Waals surface area contributed by atoms with Crippen LogP contribution in [-0.2, 0) is 4.74 Å². The summed E-state index contributed by atoms with van der Waals surface area (Å²) in [6, 6.07) is 2.08. The number of amides is 1. The summed E-state index contributed by atoms with van der Waals surface area (Å²) >= 11 is 0. The molecule has 0 spiro atoms. The fourth-order valence-corrected chi connectivity index (χ4v) is 2.32. The molecule has 6 nitrogen and oxygen atoms in total. The standard InChI is InChI=1S/C14H17FN2O4/c1-9-6-11(17(19)20)7-12(13(9)15)14(18)16-4-2-10-3-5-21-8-10/h6-7,10H,2-5,8H2,1H3,(H,16,18). The highest BCUT2D eigenvalue weighted by atomic mass is 19.1. The van der Waals surface area contributed by atoms with Crippen LogP contribution in [0.1, 0.15) is 28.8 Å². The minimum atomic E-state index is -0.720. The van der Waals surface area contributed by atoms with E-state index in [0.29, 0.717) is 19.1 Å². The highest BCUT2D eigenvalue weighted by Gasteiger charge is 2.20. The number of nitro groups is 1. The summed E-state index contributed by atoms with van der Waals surface area (Å²) in [6.45, 7) is 3.21. The third-order valence-electron chi connectivity index (χ3n) is 3.56. The fourth-order valence-electron chi connectivity index (χ4n) is 2.32. The number of hydrogen-bond acceptors (Lipinski definition) is 4. The zero-order valence-corrected chi connectivity index (χ0v) is 11.7. The van der Waals surface area contributed by atoms with Gasteiger partial charge in [-0.15, -0.1) is 0 Å². The number of benzene rings is 1. The Morgan fingerprint density at radius 2 is 2.33 bits per heavy atom. The lowest BCUT2D eigenvalue weighted by Crippen LogP contribution is -2.27. The van der Waals surface area contributed by atoms with E-state index in [1.165, 1.54) is 6.92 Å². The molecule has 1 unspecified atom stereocenters. The van der Waals surface area contributed by atoms with Crippen molar-refractivity contribution < 1.29 is 18.8 Å². The molecule has 1 aliphatic rings. The molecule has 1 saturated heterocycles. The van der Waals surface area contributed by atoms with E-state index in [4.69, 9.17) is 4.74 Å². The van der Waals surface area contributed by atoms with Gasteiger partial charge in [-0.25, -0.2) is 4.39 Å². The molecule has 0 saturated carbocycles. The summed E-state index contributed by atoms with van der Waals surface area (Å²) in [4.78, 5) is 22.1. The van der Waals surface area contributed by atoms with Gasteiger partial charge in [0.1, 0.15) is 5.82 Å². The zero-order valence-electron chi connectivity index (χ0n) is 11.7. The van der Waals surface area contributed by atoms with Crippen LogP contribution >= 0.6 is 0 Å². The van der Waals surface area contributed by atoms with Crippen LogP contribution in [0.2, 0.25) is 0 Å². The molecule has 1 amide bonds. The molecule has 21 heavy (non-hydrogen) atoms. The second-order valence-corrected chi connectivity index (χ2v) is 5.16. The van der Waals surface area contributed by atoms with Gasteiger partial charge in [-0.05, 0) is 31.2 Å². The predicted octanol–water partition coefficient (Wildman–Crippen LogP) is 2.20. The number of nitro benzene ring substituents is 1. The van der Waals surface area contributed by atoms with E-state index < -0.39 is 16.6 Å². The van der Waals surface area contributed by atoms with Gasteiger partial charge in [0.15, 0.2) is 0 Å². The van der Waals surface area contributed by atoms with Crippen molar-refractivity contribution >= 4 is 11.6 Å². The highest BCUT2D eigenvalue weighted by molar-refractivity contribution is 5.95. The predicted molar refractivity (Wildman–Crippen MR) is 73.7 cm³/mol. The van der Waals surface area contributed by atoms with Crippen molar-refractivity contribution in [2.45, 2.75) is 19.8 Å². The van der Waals surface area contributed by atoms with E-state index in [2.05, 4.69) is 5.32 Å². The van der Waals surface area contributed by atoms with Crippen LogP contribution in [0.15, 0.2) is 12.1 Å². The van der Waals surface area contributed by atoms with Crippen LogP contribution < -0.4 is 5.32 Å². The van der Waals surface area contributed by atoms with Crippen molar-refractivity contribution in [3.63, 3.8) is 0 Å². The van der Waals surface area contributed by atoms with Gasteiger partial charge >= 0.3 is 0 Å². The van der Waals surface area contributed by atoms with Gasteiger partial charge < -0.3 is 10.1 Å². The van der Waals surface area contributed by atoms with Crippen LogP contribution in [0.3, 0.4) is 0 Å². The molecule has 0 aliphatic carbocycles. The summed E-state index contributed by atoms with van der Waals surface area (Å²) in [5.74, 6) is -0.942. The van der Waals surface area contributed by atoms with Crippen molar-refractivity contribution in [2.75, 3.05) is 19.8 Å². The Hall–Kier alpha value is -2.02. The minimum absolute atomic E-state index is 0.0820. The number of carbonyl (C=O) groups excluding carboxylic acids is 1. The summed E-state index contributed by atoms with van der Waals surface area (Å²) in [5, 5.41) is 13.4. The SMILES string of the molecule is Cc1cc([N+](=O)[O-])cc(C(=O)NCCC2CCOC2)c1F. The first-order valence-electron chi connectivity index (χ1n) is 6.79. The van der Waals surface area contributed by atoms with Gasteiger partial charge in [-0.2, -0.15) is 0 Å². The largest absolute Gasteiger partial charge is 0.381 e. The van der Waals surface area contributed by atoms with Gasteiger partial charge in [0.05, 0.1) is 10.5 Å². The van der Waals surface area contributed by atoms with Crippen molar-refractivity contribution in [3.8, 4) is 0 Å². The van der Waals surface area contributed by atoms with Crippen molar-refractivity contribution in [3.05, 3.63) is 39.2 Å². The molecule has 0 aromatic heterocycles. The molecule has 1 atom stereocenters. The third-order valence-corrected chi connectivity index (χ3v) is 3.56. The Bertz CT molecular complexity index is 556. The number of carbonyl (C=O) groups is 1. The number of aryl methyl sites for hydroxylation is 1. The number of hydrogen-bond donors (Lipinski definition) is 1. The number of halogens is 1. The molecule has 114 valence electrons. The lowest BCUT2D eigenvalue weighted by Gasteiger charge is -2.10. The van der Waals surface area contributed by atoms with Gasteiger partial charge in [-0.3, -0.25) is 14.9 Å². The van der Waals surface area contributed by atoms with Gasteiger partial charge in [-0.1, -0.05) is 0 Å². The maximum absolute atomic E-state index is 13.9. The molecular formula is C14H17FN2O4. The lowest BCUT2D eigenvalue weighted by atomic mass is 10.0. The normalized spacial score (nSPS) is 17.7. The highest BCUT2D eigenvalue weighted by Crippen LogP contribution is 2.21. The molecule has 1 aromatic rings. The molecule has 1 heterocycles. The van der Waals surface area contributed by atoms with E-state index in [9.17, 15) is 19.3 Å². The maximum atomic E-state index is 13.9. The Kier molecular flexibility index (Phi) is 4.85. The number of nitrogens with zero attached hydrogens (tertiary/aromatic N) is 1. The summed E-state index contributed by atoms with van der Waals surface area (Å²) in [7, 11) is 0. The Labute approximate surface area is 121 Å². The minimum Gasteiger partial charge on any atom is -0.381 e. The summed E-state index contributed by atoms with van der Waals surface area (Å²) < 4.78 is 19.1. The Morgan fingerprint density at radius 3 is 2.95 bits per heavy atom. The monoisotopic (exact) mass is 296 g/mol. The van der Waals surface area contributed by atoms with Crippen LogP contribution in [0, 0.1) is 28.8 Å². The van der Waals surface area contributed by atoms with Gasteiger partial charge in [0.2, 0.25) is 0 Å². The number of ether oxygens (including phenoxy) is 1. The van der Waals surface area contributed by atoms with Crippen LogP contribution in [0.25, 0.3) is 0 Å². The first kappa shape index (κ1) is 15.4. The molecule has 7 heteroatoms. The van der Waals surface area contributed by atoms with E-state index in [1.807, 2.05) is 0 Å². The average molecular weight is 296 g/mol. The van der Waals surface area contributed by atoms with Crippen molar-refractivity contribution in [2.24, 2.45) is 5.92 Å². The number of nitrogens with one attached hydrogen (secondary N) is 1. The second-order valence-electron chi connectivity index (χ2n) is 5.16. The van der Waals surface area contributed by atoms with E-state index in [0.717, 1.165) is 31.6 Å². The van der Waals surface area contributed by atoms with E-state index >= 15 is 0 Å². The van der Waals surface area contributed by atoms with Gasteiger partial charge in [0.25, 0.3) is 11.6 Å². The lowest BCUT2D eigenvalue weighted by molar-refractivity contribution is -0.385. The Morgan fingerprint density at radius 1 is 1.57 bits per heavy atom. The summed E-state index contributed by atoms with van der Waals surface area (Å²) in [5.41, 5.74) is -0.494. The second kappa shape index (κ2) is 6.62. The van der Waals surface area contributed by atoms with Crippen molar-refractivity contribution in [1.82, 2.24) is 5.32 Å². The third kappa shape index (κ3) is 3.75. The number of rotatable bonds is 5. The Balaban J connectivity index is 2.02. The molecular weight excluding hydrogens is 279 g/mol. The van der Waals surface area contributed by atoms with Crippen LogP contribution in [0.4, 0.5) is 10.1 Å². The molecule has 1 N–H and O–H groups in total. The maximum Gasteiger partial charge on any atom is 0.270 e. The molecule has 0 bridgehead atoms. The first-order valence-corrected chi connectivity index (χ1v) is 6.79.